The summed E-state index contributed by atoms with van der Waals surface area (Å²) in [5.74, 6) is 0.998. The lowest BCUT2D eigenvalue weighted by Crippen LogP contribution is -2.16. The van der Waals surface area contributed by atoms with Crippen molar-refractivity contribution in [1.29, 1.82) is 0 Å². The van der Waals surface area contributed by atoms with Crippen LogP contribution in [0.5, 0.6) is 5.75 Å². The standard InChI is InChI=1S/C16H23NO/c1-5-13(4)18-16-11(2)8-14(9-12(16)3)10-17-15-6-7-15/h5,8-9,13,15,17H,1,6-7,10H2,2-4H3. The Morgan fingerprint density at radius 1 is 1.39 bits per heavy atom. The van der Waals surface area contributed by atoms with Crippen molar-refractivity contribution in [2.24, 2.45) is 0 Å². The van der Waals surface area contributed by atoms with E-state index in [2.05, 4.69) is 37.9 Å². The lowest BCUT2D eigenvalue weighted by molar-refractivity contribution is 0.266. The highest BCUT2D eigenvalue weighted by molar-refractivity contribution is 5.43. The summed E-state index contributed by atoms with van der Waals surface area (Å²) in [6, 6.07) is 5.18. The Labute approximate surface area is 110 Å². The normalized spacial score (nSPS) is 16.4. The molecule has 1 saturated carbocycles. The van der Waals surface area contributed by atoms with Crippen molar-refractivity contribution in [2.45, 2.75) is 52.3 Å². The van der Waals surface area contributed by atoms with E-state index in [0.717, 1.165) is 18.3 Å². The molecule has 1 N–H and O–H groups in total. The first-order valence-electron chi connectivity index (χ1n) is 6.73. The molecule has 1 fully saturated rings. The number of hydrogen-bond acceptors (Lipinski definition) is 2. The zero-order chi connectivity index (χ0) is 13.1. The van der Waals surface area contributed by atoms with Crippen LogP contribution in [0.3, 0.4) is 0 Å². The van der Waals surface area contributed by atoms with Crippen LogP contribution < -0.4 is 10.1 Å². The van der Waals surface area contributed by atoms with Crippen LogP contribution in [-0.4, -0.2) is 12.1 Å². The summed E-state index contributed by atoms with van der Waals surface area (Å²) in [6.45, 7) is 10.9. The van der Waals surface area contributed by atoms with Gasteiger partial charge in [0.1, 0.15) is 11.9 Å². The van der Waals surface area contributed by atoms with Gasteiger partial charge in [0.15, 0.2) is 0 Å². The first-order chi connectivity index (χ1) is 8.60. The van der Waals surface area contributed by atoms with E-state index >= 15 is 0 Å². The van der Waals surface area contributed by atoms with Crippen molar-refractivity contribution >= 4 is 0 Å². The van der Waals surface area contributed by atoms with Gasteiger partial charge < -0.3 is 10.1 Å². The van der Waals surface area contributed by atoms with Crippen molar-refractivity contribution in [1.82, 2.24) is 5.32 Å². The predicted octanol–water partition coefficient (Wildman–Crippen LogP) is 3.51. The van der Waals surface area contributed by atoms with Crippen molar-refractivity contribution in [3.63, 3.8) is 0 Å². The number of hydrogen-bond donors (Lipinski definition) is 1. The average molecular weight is 245 g/mol. The molecule has 0 amide bonds. The van der Waals surface area contributed by atoms with Crippen LogP contribution in [0.4, 0.5) is 0 Å². The molecule has 1 aromatic rings. The smallest absolute Gasteiger partial charge is 0.126 e. The second-order valence-corrected chi connectivity index (χ2v) is 5.27. The molecule has 1 aromatic carbocycles. The highest BCUT2D eigenvalue weighted by atomic mass is 16.5. The van der Waals surface area contributed by atoms with Crippen LogP contribution in [0.2, 0.25) is 0 Å². The van der Waals surface area contributed by atoms with Crippen molar-refractivity contribution < 1.29 is 4.74 Å². The molecule has 0 saturated heterocycles. The maximum Gasteiger partial charge on any atom is 0.126 e. The Kier molecular flexibility index (Phi) is 4.07. The van der Waals surface area contributed by atoms with E-state index in [0.29, 0.717) is 0 Å². The minimum absolute atomic E-state index is 0.0536. The van der Waals surface area contributed by atoms with Gasteiger partial charge in [-0.25, -0.2) is 0 Å². The van der Waals surface area contributed by atoms with E-state index in [-0.39, 0.29) is 6.10 Å². The quantitative estimate of drug-likeness (QED) is 0.774. The van der Waals surface area contributed by atoms with E-state index in [4.69, 9.17) is 4.74 Å². The summed E-state index contributed by atoms with van der Waals surface area (Å²) in [6.07, 6.45) is 4.53. The Morgan fingerprint density at radius 3 is 2.50 bits per heavy atom. The van der Waals surface area contributed by atoms with E-state index in [1.807, 2.05) is 13.0 Å². The van der Waals surface area contributed by atoms with Gasteiger partial charge in [-0.1, -0.05) is 24.8 Å². The van der Waals surface area contributed by atoms with Gasteiger partial charge in [-0.05, 0) is 50.3 Å². The third-order valence-corrected chi connectivity index (χ3v) is 3.33. The van der Waals surface area contributed by atoms with Crippen molar-refractivity contribution in [2.75, 3.05) is 0 Å². The molecule has 1 unspecified atom stereocenters. The van der Waals surface area contributed by atoms with Crippen molar-refractivity contribution in [3.8, 4) is 5.75 Å². The van der Waals surface area contributed by atoms with Crippen molar-refractivity contribution in [3.05, 3.63) is 41.5 Å². The molecule has 0 bridgehead atoms. The second kappa shape index (κ2) is 5.57. The second-order valence-electron chi connectivity index (χ2n) is 5.27. The monoisotopic (exact) mass is 245 g/mol. The van der Waals surface area contributed by atoms with E-state index in [1.165, 1.54) is 29.5 Å². The van der Waals surface area contributed by atoms with Gasteiger partial charge in [0, 0.05) is 12.6 Å². The number of rotatable bonds is 6. The summed E-state index contributed by atoms with van der Waals surface area (Å²) in [5.41, 5.74) is 3.75. The van der Waals surface area contributed by atoms with Crippen LogP contribution >= 0.6 is 0 Å². The van der Waals surface area contributed by atoms with Crippen LogP contribution in [0, 0.1) is 13.8 Å². The number of nitrogens with one attached hydrogen (secondary N) is 1. The molecule has 1 aliphatic carbocycles. The third kappa shape index (κ3) is 3.36. The highest BCUT2D eigenvalue weighted by Gasteiger charge is 2.20. The molecule has 18 heavy (non-hydrogen) atoms. The molecule has 1 atom stereocenters. The van der Waals surface area contributed by atoms with Gasteiger partial charge in [0.2, 0.25) is 0 Å². The summed E-state index contributed by atoms with van der Waals surface area (Å²) in [5, 5.41) is 3.54. The first-order valence-corrected chi connectivity index (χ1v) is 6.73. The van der Waals surface area contributed by atoms with Gasteiger partial charge in [-0.15, -0.1) is 0 Å². The van der Waals surface area contributed by atoms with Crippen LogP contribution in [-0.2, 0) is 6.54 Å². The maximum absolute atomic E-state index is 5.88. The first kappa shape index (κ1) is 13.2. The molecule has 0 spiro atoms. The minimum Gasteiger partial charge on any atom is -0.486 e. The average Bonchev–Trinajstić information content (AvgIpc) is 3.15. The molecule has 2 rings (SSSR count). The Bertz CT molecular complexity index is 412. The van der Waals surface area contributed by atoms with Crippen LogP contribution in [0.1, 0.15) is 36.5 Å². The van der Waals surface area contributed by atoms with Crippen LogP contribution in [0.15, 0.2) is 24.8 Å². The van der Waals surface area contributed by atoms with E-state index in [9.17, 15) is 0 Å². The Balaban J connectivity index is 2.08. The number of ether oxygens (including phenoxy) is 1. The highest BCUT2D eigenvalue weighted by Crippen LogP contribution is 2.27. The largest absolute Gasteiger partial charge is 0.486 e. The van der Waals surface area contributed by atoms with Gasteiger partial charge in [-0.2, -0.15) is 0 Å². The Morgan fingerprint density at radius 2 is 2.00 bits per heavy atom. The lowest BCUT2D eigenvalue weighted by atomic mass is 10.1. The molecule has 0 aromatic heterocycles. The summed E-state index contributed by atoms with van der Waals surface area (Å²) >= 11 is 0. The molecule has 2 nitrogen and oxygen atoms in total. The molecule has 1 aliphatic rings. The fourth-order valence-corrected chi connectivity index (χ4v) is 2.11. The SMILES string of the molecule is C=CC(C)Oc1c(C)cc(CNC2CC2)cc1C. The zero-order valence-electron chi connectivity index (χ0n) is 11.6. The molecular weight excluding hydrogens is 222 g/mol. The molecule has 98 valence electrons. The Hall–Kier alpha value is -1.28. The molecule has 0 heterocycles. The summed E-state index contributed by atoms with van der Waals surface area (Å²) in [7, 11) is 0. The predicted molar refractivity (Wildman–Crippen MR) is 76.1 cm³/mol. The minimum atomic E-state index is 0.0536. The molecule has 0 radical (unpaired) electrons. The number of benzene rings is 1. The molecular formula is C16H23NO. The molecule has 2 heteroatoms. The van der Waals surface area contributed by atoms with Crippen LogP contribution in [0.25, 0.3) is 0 Å². The van der Waals surface area contributed by atoms with E-state index < -0.39 is 0 Å². The van der Waals surface area contributed by atoms with Gasteiger partial charge in [0.25, 0.3) is 0 Å². The fraction of sp³-hybridized carbons (Fsp3) is 0.500. The summed E-state index contributed by atoms with van der Waals surface area (Å²) < 4.78 is 5.88. The van der Waals surface area contributed by atoms with Gasteiger partial charge in [-0.3, -0.25) is 0 Å². The fourth-order valence-electron chi connectivity index (χ4n) is 2.11. The summed E-state index contributed by atoms with van der Waals surface area (Å²) in [4.78, 5) is 0. The number of aryl methyl sites for hydroxylation is 2. The lowest BCUT2D eigenvalue weighted by Gasteiger charge is -2.17. The van der Waals surface area contributed by atoms with E-state index in [1.54, 1.807) is 0 Å². The molecule has 0 aliphatic heterocycles. The van der Waals surface area contributed by atoms with Gasteiger partial charge in [0.05, 0.1) is 0 Å². The zero-order valence-corrected chi connectivity index (χ0v) is 11.6. The third-order valence-electron chi connectivity index (χ3n) is 3.33. The topological polar surface area (TPSA) is 21.3 Å². The maximum atomic E-state index is 5.88. The van der Waals surface area contributed by atoms with Gasteiger partial charge >= 0.3 is 0 Å².